The van der Waals surface area contributed by atoms with Crippen molar-refractivity contribution in [2.24, 2.45) is 7.05 Å². The van der Waals surface area contributed by atoms with Crippen molar-refractivity contribution in [1.82, 2.24) is 29.5 Å². The fourth-order valence-corrected chi connectivity index (χ4v) is 3.27. The first-order valence-corrected chi connectivity index (χ1v) is 8.81. The third-order valence-corrected chi connectivity index (χ3v) is 4.81. The van der Waals surface area contributed by atoms with E-state index in [-0.39, 0.29) is 0 Å². The number of fused-ring (bicyclic) bond motifs is 1. The molecule has 0 amide bonds. The van der Waals surface area contributed by atoms with Crippen LogP contribution in [-0.2, 0) is 26.6 Å². The first-order chi connectivity index (χ1) is 11.9. The summed E-state index contributed by atoms with van der Waals surface area (Å²) in [6.45, 7) is 11.9. The minimum absolute atomic E-state index is 0.759. The van der Waals surface area contributed by atoms with E-state index in [2.05, 4.69) is 49.8 Å². The SMILES string of the molecule is CCc1nc(N(C)Cc2c(C)nn(C)c2C)c2c(n1)c(C)nn2CC. The Bertz CT molecular complexity index is 920. The molecule has 0 fully saturated rings. The monoisotopic (exact) mass is 341 g/mol. The maximum Gasteiger partial charge on any atom is 0.158 e. The molecule has 7 heteroatoms. The van der Waals surface area contributed by atoms with E-state index in [9.17, 15) is 0 Å². The average Bonchev–Trinajstić information content (AvgIpc) is 3.05. The van der Waals surface area contributed by atoms with Crippen molar-refractivity contribution >= 4 is 16.9 Å². The molecule has 0 bridgehead atoms. The van der Waals surface area contributed by atoms with E-state index in [0.717, 1.165) is 53.6 Å². The van der Waals surface area contributed by atoms with Gasteiger partial charge in [0, 0.05) is 44.9 Å². The lowest BCUT2D eigenvalue weighted by molar-refractivity contribution is 0.673. The molecule has 0 unspecified atom stereocenters. The molecule has 0 aliphatic carbocycles. The largest absolute Gasteiger partial charge is 0.353 e. The summed E-state index contributed by atoms with van der Waals surface area (Å²) in [6.07, 6.45) is 0.804. The molecule has 3 heterocycles. The van der Waals surface area contributed by atoms with Crippen LogP contribution in [-0.4, -0.2) is 36.6 Å². The Balaban J connectivity index is 2.13. The second kappa shape index (κ2) is 6.46. The average molecular weight is 341 g/mol. The predicted octanol–water partition coefficient (Wildman–Crippen LogP) is 2.70. The van der Waals surface area contributed by atoms with Crippen LogP contribution in [0.25, 0.3) is 11.0 Å². The van der Waals surface area contributed by atoms with Gasteiger partial charge in [-0.25, -0.2) is 9.97 Å². The standard InChI is InChI=1S/C18H27N7/c1-8-15-19-16-12(4)22-25(9-2)17(16)18(20-15)23(6)10-14-11(3)21-24(7)13(14)5/h8-10H2,1-7H3. The Kier molecular flexibility index (Phi) is 4.49. The van der Waals surface area contributed by atoms with Crippen molar-refractivity contribution < 1.29 is 0 Å². The number of hydrogen-bond donors (Lipinski definition) is 0. The molecular formula is C18H27N7. The molecule has 0 aliphatic heterocycles. The lowest BCUT2D eigenvalue weighted by Gasteiger charge is -2.20. The molecule has 3 aromatic heterocycles. The highest BCUT2D eigenvalue weighted by molar-refractivity contribution is 5.88. The molecule has 7 nitrogen and oxygen atoms in total. The summed E-state index contributed by atoms with van der Waals surface area (Å²) in [5.41, 5.74) is 6.42. The maximum atomic E-state index is 4.83. The minimum Gasteiger partial charge on any atom is -0.353 e. The summed E-state index contributed by atoms with van der Waals surface area (Å²) in [5, 5.41) is 9.17. The van der Waals surface area contributed by atoms with Crippen molar-refractivity contribution in [2.75, 3.05) is 11.9 Å². The zero-order valence-electron chi connectivity index (χ0n) is 16.3. The molecular weight excluding hydrogens is 314 g/mol. The van der Waals surface area contributed by atoms with Gasteiger partial charge >= 0.3 is 0 Å². The number of rotatable bonds is 5. The highest BCUT2D eigenvalue weighted by Gasteiger charge is 2.20. The number of anilines is 1. The van der Waals surface area contributed by atoms with E-state index in [1.165, 1.54) is 11.3 Å². The molecule has 0 spiro atoms. The van der Waals surface area contributed by atoms with Crippen LogP contribution in [0.2, 0.25) is 0 Å². The van der Waals surface area contributed by atoms with Gasteiger partial charge in [-0.3, -0.25) is 9.36 Å². The van der Waals surface area contributed by atoms with Crippen molar-refractivity contribution in [1.29, 1.82) is 0 Å². The third kappa shape index (κ3) is 2.88. The third-order valence-electron chi connectivity index (χ3n) is 4.81. The van der Waals surface area contributed by atoms with Crippen LogP contribution in [0.1, 0.15) is 42.3 Å². The molecule has 0 saturated heterocycles. The fraction of sp³-hybridized carbons (Fsp3) is 0.556. The van der Waals surface area contributed by atoms with E-state index in [1.54, 1.807) is 0 Å². The van der Waals surface area contributed by atoms with Crippen molar-refractivity contribution in [2.45, 2.75) is 54.1 Å². The molecule has 3 rings (SSSR count). The first kappa shape index (κ1) is 17.4. The zero-order chi connectivity index (χ0) is 18.3. The summed E-state index contributed by atoms with van der Waals surface area (Å²) in [5.74, 6) is 1.79. The van der Waals surface area contributed by atoms with Crippen molar-refractivity contribution in [3.05, 3.63) is 28.5 Å². The maximum absolute atomic E-state index is 4.83. The van der Waals surface area contributed by atoms with Crippen LogP contribution in [0.15, 0.2) is 0 Å². The molecule has 25 heavy (non-hydrogen) atoms. The normalized spacial score (nSPS) is 11.5. The van der Waals surface area contributed by atoms with Gasteiger partial charge in [-0.1, -0.05) is 6.92 Å². The van der Waals surface area contributed by atoms with Gasteiger partial charge in [-0.2, -0.15) is 10.2 Å². The van der Waals surface area contributed by atoms with E-state index >= 15 is 0 Å². The number of nitrogens with zero attached hydrogens (tertiary/aromatic N) is 7. The Hall–Kier alpha value is -2.44. The number of aromatic nitrogens is 6. The summed E-state index contributed by atoms with van der Waals surface area (Å²) in [7, 11) is 4.06. The van der Waals surface area contributed by atoms with E-state index < -0.39 is 0 Å². The smallest absolute Gasteiger partial charge is 0.158 e. The number of aryl methyl sites for hydroxylation is 5. The van der Waals surface area contributed by atoms with E-state index in [0.29, 0.717) is 0 Å². The lowest BCUT2D eigenvalue weighted by atomic mass is 10.2. The van der Waals surface area contributed by atoms with Crippen LogP contribution >= 0.6 is 0 Å². The molecule has 0 aromatic carbocycles. The second-order valence-electron chi connectivity index (χ2n) is 6.54. The Morgan fingerprint density at radius 3 is 2.28 bits per heavy atom. The summed E-state index contributed by atoms with van der Waals surface area (Å²) >= 11 is 0. The van der Waals surface area contributed by atoms with Crippen LogP contribution in [0, 0.1) is 20.8 Å². The predicted molar refractivity (Wildman–Crippen MR) is 99.9 cm³/mol. The van der Waals surface area contributed by atoms with Crippen LogP contribution in [0.4, 0.5) is 5.82 Å². The molecule has 0 atom stereocenters. The lowest BCUT2D eigenvalue weighted by Crippen LogP contribution is -2.21. The fourth-order valence-electron chi connectivity index (χ4n) is 3.27. The van der Waals surface area contributed by atoms with Gasteiger partial charge < -0.3 is 4.90 Å². The van der Waals surface area contributed by atoms with Gasteiger partial charge in [0.15, 0.2) is 5.82 Å². The second-order valence-corrected chi connectivity index (χ2v) is 6.54. The van der Waals surface area contributed by atoms with Crippen LogP contribution in [0.3, 0.4) is 0 Å². The Morgan fingerprint density at radius 1 is 1.00 bits per heavy atom. The van der Waals surface area contributed by atoms with Gasteiger partial charge in [0.05, 0.1) is 11.4 Å². The zero-order valence-corrected chi connectivity index (χ0v) is 16.3. The van der Waals surface area contributed by atoms with Gasteiger partial charge in [-0.15, -0.1) is 0 Å². The highest BCUT2D eigenvalue weighted by atomic mass is 15.3. The molecule has 0 radical (unpaired) electrons. The highest BCUT2D eigenvalue weighted by Crippen LogP contribution is 2.27. The summed E-state index contributed by atoms with van der Waals surface area (Å²) in [6, 6.07) is 0. The van der Waals surface area contributed by atoms with Crippen molar-refractivity contribution in [3.63, 3.8) is 0 Å². The molecule has 3 aromatic rings. The Morgan fingerprint density at radius 2 is 1.72 bits per heavy atom. The molecule has 0 saturated carbocycles. The topological polar surface area (TPSA) is 64.7 Å². The summed E-state index contributed by atoms with van der Waals surface area (Å²) < 4.78 is 3.94. The molecule has 134 valence electrons. The Labute approximate surface area is 148 Å². The quantitative estimate of drug-likeness (QED) is 0.714. The van der Waals surface area contributed by atoms with Gasteiger partial charge in [0.2, 0.25) is 0 Å². The summed E-state index contributed by atoms with van der Waals surface area (Å²) in [4.78, 5) is 11.7. The number of hydrogen-bond acceptors (Lipinski definition) is 5. The van der Waals surface area contributed by atoms with Crippen LogP contribution < -0.4 is 4.90 Å². The first-order valence-electron chi connectivity index (χ1n) is 8.81. The molecule has 0 N–H and O–H groups in total. The van der Waals surface area contributed by atoms with Crippen molar-refractivity contribution in [3.8, 4) is 0 Å². The van der Waals surface area contributed by atoms with E-state index in [4.69, 9.17) is 9.97 Å². The van der Waals surface area contributed by atoms with Gasteiger partial charge in [-0.05, 0) is 27.7 Å². The van der Waals surface area contributed by atoms with E-state index in [1.807, 2.05) is 23.3 Å². The molecule has 0 aliphatic rings. The van der Waals surface area contributed by atoms with Crippen LogP contribution in [0.5, 0.6) is 0 Å². The van der Waals surface area contributed by atoms with Gasteiger partial charge in [0.1, 0.15) is 16.9 Å². The van der Waals surface area contributed by atoms with Gasteiger partial charge in [0.25, 0.3) is 0 Å². The minimum atomic E-state index is 0.759.